The molecule has 0 spiro atoms. The number of guanidine groups is 1. The molecule has 2 aliphatic heterocycles. The molecule has 0 aromatic heterocycles. The van der Waals surface area contributed by atoms with Gasteiger partial charge in [-0.3, -0.25) is 14.6 Å². The Hall–Kier alpha value is -3.30. The molecule has 2 aliphatic rings. The predicted octanol–water partition coefficient (Wildman–Crippen LogP) is 2.93. The van der Waals surface area contributed by atoms with Gasteiger partial charge in [0.05, 0.1) is 23.3 Å². The lowest BCUT2D eigenvalue weighted by molar-refractivity contribution is -0.553. The van der Waals surface area contributed by atoms with Crippen molar-refractivity contribution in [2.75, 3.05) is 14.1 Å². The summed E-state index contributed by atoms with van der Waals surface area (Å²) >= 11 is 12.4. The van der Waals surface area contributed by atoms with Gasteiger partial charge >= 0.3 is 12.0 Å². The monoisotopic (exact) mass is 475 g/mol. The van der Waals surface area contributed by atoms with Crippen LogP contribution in [-0.2, 0) is 11.3 Å². The smallest absolute Gasteiger partial charge is 0.270 e. The van der Waals surface area contributed by atoms with Gasteiger partial charge in [-0.2, -0.15) is 5.43 Å². The van der Waals surface area contributed by atoms with Gasteiger partial charge in [0.2, 0.25) is 11.9 Å². The number of amides is 3. The number of urea groups is 1. The molecular formula is C21H18Cl2FN6O2+. The van der Waals surface area contributed by atoms with Crippen LogP contribution >= 0.6 is 23.2 Å². The van der Waals surface area contributed by atoms with Crippen LogP contribution in [0.3, 0.4) is 0 Å². The highest BCUT2D eigenvalue weighted by Crippen LogP contribution is 2.23. The number of nitrogens with zero attached hydrogens (tertiary/aromatic N) is 5. The second kappa shape index (κ2) is 8.68. The van der Waals surface area contributed by atoms with E-state index >= 15 is 0 Å². The first-order chi connectivity index (χ1) is 15.3. The van der Waals surface area contributed by atoms with Crippen LogP contribution < -0.4 is 5.43 Å². The minimum absolute atomic E-state index is 0.103. The summed E-state index contributed by atoms with van der Waals surface area (Å²) in [6.07, 6.45) is 1.23. The van der Waals surface area contributed by atoms with Crippen molar-refractivity contribution in [2.24, 2.45) is 10.1 Å². The lowest BCUT2D eigenvalue weighted by atomic mass is 10.1. The maximum absolute atomic E-state index is 14.0. The van der Waals surface area contributed by atoms with Gasteiger partial charge in [0.25, 0.3) is 5.91 Å². The Morgan fingerprint density at radius 1 is 1.12 bits per heavy atom. The minimum atomic E-state index is -0.853. The number of carbonyl (C=O) groups excluding carboxylic acids is 2. The van der Waals surface area contributed by atoms with E-state index in [9.17, 15) is 14.0 Å². The summed E-state index contributed by atoms with van der Waals surface area (Å²) in [6, 6.07) is 10.1. The van der Waals surface area contributed by atoms with Crippen LogP contribution in [-0.4, -0.2) is 64.5 Å². The predicted molar refractivity (Wildman–Crippen MR) is 120 cm³/mol. The van der Waals surface area contributed by atoms with Crippen LogP contribution in [0.2, 0.25) is 10.0 Å². The number of rotatable bonds is 4. The molecule has 1 saturated heterocycles. The van der Waals surface area contributed by atoms with Crippen LogP contribution in [0.25, 0.3) is 0 Å². The molecule has 4 rings (SSSR count). The number of fused-ring (bicyclic) bond motifs is 1. The van der Waals surface area contributed by atoms with Crippen molar-refractivity contribution in [3.63, 3.8) is 0 Å². The normalized spacial score (nSPS) is 18.5. The van der Waals surface area contributed by atoms with E-state index in [1.54, 1.807) is 22.8 Å². The number of aliphatic imine (C=N–C) groups is 1. The van der Waals surface area contributed by atoms with Crippen LogP contribution in [0.4, 0.5) is 9.18 Å². The Labute approximate surface area is 193 Å². The molecule has 2 heterocycles. The highest BCUT2D eigenvalue weighted by Gasteiger charge is 2.51. The highest BCUT2D eigenvalue weighted by molar-refractivity contribution is 6.33. The van der Waals surface area contributed by atoms with Crippen molar-refractivity contribution >= 4 is 53.1 Å². The fraction of sp³-hybridized carbons (Fsp3) is 0.190. The van der Waals surface area contributed by atoms with Gasteiger partial charge in [-0.25, -0.2) is 13.8 Å². The van der Waals surface area contributed by atoms with E-state index in [4.69, 9.17) is 23.2 Å². The molecule has 1 unspecified atom stereocenters. The lowest BCUT2D eigenvalue weighted by Gasteiger charge is -2.31. The molecule has 0 saturated carbocycles. The van der Waals surface area contributed by atoms with Crippen LogP contribution in [0, 0.1) is 5.82 Å². The molecule has 1 fully saturated rings. The summed E-state index contributed by atoms with van der Waals surface area (Å²) in [7, 11) is 2.95. The van der Waals surface area contributed by atoms with Gasteiger partial charge in [0.15, 0.2) is 0 Å². The summed E-state index contributed by atoms with van der Waals surface area (Å²) in [4.78, 5) is 32.1. The quantitative estimate of drug-likeness (QED) is 0.419. The van der Waals surface area contributed by atoms with Gasteiger partial charge in [-0.15, -0.1) is 5.10 Å². The first-order valence-electron chi connectivity index (χ1n) is 9.53. The van der Waals surface area contributed by atoms with Crippen molar-refractivity contribution in [3.8, 4) is 0 Å². The zero-order valence-corrected chi connectivity index (χ0v) is 18.6. The zero-order valence-electron chi connectivity index (χ0n) is 17.1. The van der Waals surface area contributed by atoms with E-state index in [0.717, 1.165) is 10.5 Å². The van der Waals surface area contributed by atoms with Crippen molar-refractivity contribution < 1.29 is 18.6 Å². The van der Waals surface area contributed by atoms with Gasteiger partial charge in [0, 0.05) is 24.7 Å². The van der Waals surface area contributed by atoms with Gasteiger partial charge in [0.1, 0.15) is 5.82 Å². The maximum Gasteiger partial charge on any atom is 0.414 e. The van der Waals surface area contributed by atoms with E-state index in [0.29, 0.717) is 5.02 Å². The van der Waals surface area contributed by atoms with Crippen molar-refractivity contribution in [2.45, 2.75) is 12.6 Å². The molecule has 3 amide bonds. The number of likely N-dealkylation sites (N-methyl/N-ethyl adjacent to an activating group) is 2. The van der Waals surface area contributed by atoms with Crippen molar-refractivity contribution in [1.29, 1.82) is 0 Å². The van der Waals surface area contributed by atoms with E-state index < -0.39 is 23.8 Å². The topological polar surface area (TPSA) is 80.4 Å². The molecule has 11 heteroatoms. The Morgan fingerprint density at radius 3 is 2.56 bits per heavy atom. The minimum Gasteiger partial charge on any atom is -0.270 e. The second-order valence-corrected chi connectivity index (χ2v) is 7.97. The molecule has 8 nitrogen and oxygen atoms in total. The third-order valence-electron chi connectivity index (χ3n) is 5.19. The van der Waals surface area contributed by atoms with Gasteiger partial charge in [-0.1, -0.05) is 52.5 Å². The van der Waals surface area contributed by atoms with E-state index in [1.165, 1.54) is 37.3 Å². The Morgan fingerprint density at radius 2 is 1.84 bits per heavy atom. The summed E-state index contributed by atoms with van der Waals surface area (Å²) in [6.45, 7) is 0.220. The number of hydrazone groups is 1. The largest absolute Gasteiger partial charge is 0.414 e. The average Bonchev–Trinajstić information content (AvgIpc) is 3.12. The Kier molecular flexibility index (Phi) is 5.94. The summed E-state index contributed by atoms with van der Waals surface area (Å²) in [5, 5.41) is 4.77. The molecular weight excluding hydrogens is 458 g/mol. The summed E-state index contributed by atoms with van der Waals surface area (Å²) in [5.41, 5.74) is 3.60. The van der Waals surface area contributed by atoms with Crippen molar-refractivity contribution in [1.82, 2.24) is 15.2 Å². The Balaban J connectivity index is 1.72. The van der Waals surface area contributed by atoms with Crippen LogP contribution in [0.1, 0.15) is 11.1 Å². The third-order valence-corrected chi connectivity index (χ3v) is 5.89. The van der Waals surface area contributed by atoms with E-state index in [1.807, 2.05) is 12.1 Å². The first-order valence-corrected chi connectivity index (χ1v) is 10.3. The van der Waals surface area contributed by atoms with Gasteiger partial charge in [-0.05, 0) is 18.2 Å². The summed E-state index contributed by atoms with van der Waals surface area (Å²) in [5.74, 6) is -0.505. The maximum atomic E-state index is 14.0. The number of benzene rings is 2. The fourth-order valence-electron chi connectivity index (χ4n) is 3.45. The van der Waals surface area contributed by atoms with Crippen LogP contribution in [0.5, 0.6) is 0 Å². The number of amidine groups is 1. The first kappa shape index (κ1) is 21.9. The zero-order chi connectivity index (χ0) is 23.0. The molecule has 0 bridgehead atoms. The number of hydrogen-bond donors (Lipinski definition) is 1. The van der Waals surface area contributed by atoms with Gasteiger partial charge < -0.3 is 0 Å². The second-order valence-electron chi connectivity index (χ2n) is 7.16. The molecule has 0 aliphatic carbocycles. The molecule has 1 N–H and O–H groups in total. The van der Waals surface area contributed by atoms with E-state index in [-0.39, 0.29) is 28.9 Å². The lowest BCUT2D eigenvalue weighted by Crippen LogP contribution is -2.61. The number of imide groups is 1. The summed E-state index contributed by atoms with van der Waals surface area (Å²) < 4.78 is 15.7. The molecule has 2 aromatic carbocycles. The molecule has 2 aromatic rings. The average molecular weight is 476 g/mol. The molecule has 1 atom stereocenters. The van der Waals surface area contributed by atoms with Crippen LogP contribution in [0.15, 0.2) is 52.6 Å². The standard InChI is InChI=1S/C21H17Cl2FN6O2/c1-28-18-17(19(31)29(2)21(28)32)30(11-12-6-3-4-7-14(12)22)20(26-18)27-25-10-13-15(23)8-5-9-16(13)24/h3-10,17H,11H2,1-2H3/p+1/b25-10+. The Bertz CT molecular complexity index is 1190. The van der Waals surface area contributed by atoms with E-state index in [2.05, 4.69) is 15.5 Å². The molecule has 32 heavy (non-hydrogen) atoms. The third kappa shape index (κ3) is 3.85. The number of carbonyl (C=O) groups is 2. The SMILES string of the molecule is CN1C(=O)C2C(=NC(N/N=C/c3c(F)cccc3Cl)=[N+]2Cc2ccccc2Cl)N(C)C1=O. The highest BCUT2D eigenvalue weighted by atomic mass is 35.5. The van der Waals surface area contributed by atoms with Crippen molar-refractivity contribution in [3.05, 3.63) is 69.5 Å². The number of hydrogen-bond acceptors (Lipinski definition) is 5. The molecule has 164 valence electrons. The molecule has 0 radical (unpaired) electrons. The number of nitrogens with one attached hydrogen (secondary N) is 1. The number of halogens is 3. The fourth-order valence-corrected chi connectivity index (χ4v) is 3.86.